The molecule has 0 aromatic heterocycles. The number of nitrogens with zero attached hydrogens (tertiary/aromatic N) is 1. The highest BCUT2D eigenvalue weighted by molar-refractivity contribution is 8.00. The average molecular weight is 307 g/mol. The number of thioether (sulfide) groups is 1. The van der Waals surface area contributed by atoms with Crippen LogP contribution in [0.2, 0.25) is 0 Å². The minimum atomic E-state index is 0.831. The van der Waals surface area contributed by atoms with Crippen LogP contribution < -0.4 is 5.32 Å². The van der Waals surface area contributed by atoms with Gasteiger partial charge in [-0.05, 0) is 43.5 Å². The molecule has 1 aliphatic heterocycles. The van der Waals surface area contributed by atoms with Crippen LogP contribution in [0, 0.1) is 0 Å². The van der Waals surface area contributed by atoms with Crippen LogP contribution in [0.1, 0.15) is 37.8 Å². The molecule has 1 atom stereocenters. The second kappa shape index (κ2) is 9.50. The molecule has 1 N–H and O–H groups in total. The van der Waals surface area contributed by atoms with Gasteiger partial charge in [-0.3, -0.25) is 4.90 Å². The van der Waals surface area contributed by atoms with E-state index in [1.165, 1.54) is 42.8 Å². The molecular formula is C18H30N2S. The lowest BCUT2D eigenvalue weighted by Crippen LogP contribution is -2.37. The molecule has 0 bridgehead atoms. The van der Waals surface area contributed by atoms with E-state index in [9.17, 15) is 0 Å². The summed E-state index contributed by atoms with van der Waals surface area (Å²) in [4.78, 5) is 2.64. The van der Waals surface area contributed by atoms with E-state index in [1.807, 2.05) is 0 Å². The Hall–Kier alpha value is -0.510. The highest BCUT2D eigenvalue weighted by Crippen LogP contribution is 2.23. The summed E-state index contributed by atoms with van der Waals surface area (Å²) in [5.74, 6) is 1.29. The average Bonchev–Trinajstić information content (AvgIpc) is 2.53. The zero-order chi connectivity index (χ0) is 14.9. The maximum Gasteiger partial charge on any atom is 0.0237 e. The summed E-state index contributed by atoms with van der Waals surface area (Å²) in [5, 5.41) is 4.34. The molecule has 0 aliphatic carbocycles. The lowest BCUT2D eigenvalue weighted by Gasteiger charge is -2.32. The summed E-state index contributed by atoms with van der Waals surface area (Å²) in [7, 11) is 0. The second-order valence-corrected chi connectivity index (χ2v) is 7.31. The quantitative estimate of drug-likeness (QED) is 0.739. The minimum Gasteiger partial charge on any atom is -0.316 e. The monoisotopic (exact) mass is 306 g/mol. The van der Waals surface area contributed by atoms with E-state index < -0.39 is 0 Å². The third kappa shape index (κ3) is 5.65. The summed E-state index contributed by atoms with van der Waals surface area (Å²) in [6.45, 7) is 10.4. The van der Waals surface area contributed by atoms with Crippen LogP contribution >= 0.6 is 11.8 Å². The van der Waals surface area contributed by atoms with Gasteiger partial charge in [0.1, 0.15) is 0 Å². The second-order valence-electron chi connectivity index (χ2n) is 5.90. The summed E-state index contributed by atoms with van der Waals surface area (Å²) < 4.78 is 0. The van der Waals surface area contributed by atoms with Gasteiger partial charge in [-0.2, -0.15) is 11.8 Å². The van der Waals surface area contributed by atoms with Crippen molar-refractivity contribution in [3.05, 3.63) is 35.4 Å². The van der Waals surface area contributed by atoms with Crippen molar-refractivity contribution in [3.63, 3.8) is 0 Å². The van der Waals surface area contributed by atoms with Gasteiger partial charge >= 0.3 is 0 Å². The molecule has 3 heteroatoms. The van der Waals surface area contributed by atoms with Gasteiger partial charge in [0.2, 0.25) is 0 Å². The maximum atomic E-state index is 3.51. The van der Waals surface area contributed by atoms with E-state index in [4.69, 9.17) is 0 Å². The van der Waals surface area contributed by atoms with E-state index in [2.05, 4.69) is 60.1 Å². The lowest BCUT2D eigenvalue weighted by molar-refractivity contribution is 0.272. The van der Waals surface area contributed by atoms with Gasteiger partial charge in [-0.25, -0.2) is 0 Å². The standard InChI is InChI=1S/C18H30N2S/c1-3-10-19-11-9-16-7-5-6-8-17(16)14-20-12-13-21-18(4-2)15-20/h5-8,18-19H,3-4,9-15H2,1-2H3. The first kappa shape index (κ1) is 16.9. The zero-order valence-electron chi connectivity index (χ0n) is 13.6. The van der Waals surface area contributed by atoms with Crippen molar-refractivity contribution in [3.8, 4) is 0 Å². The Bertz CT molecular complexity index is 408. The summed E-state index contributed by atoms with van der Waals surface area (Å²) >= 11 is 2.15. The highest BCUT2D eigenvalue weighted by Gasteiger charge is 2.19. The number of benzene rings is 1. The summed E-state index contributed by atoms with van der Waals surface area (Å²) in [5.41, 5.74) is 3.05. The molecule has 21 heavy (non-hydrogen) atoms. The van der Waals surface area contributed by atoms with Crippen LogP contribution in [0.5, 0.6) is 0 Å². The molecule has 1 aromatic rings. The first-order valence-electron chi connectivity index (χ1n) is 8.45. The first-order valence-corrected chi connectivity index (χ1v) is 9.49. The van der Waals surface area contributed by atoms with Crippen LogP contribution in [0.15, 0.2) is 24.3 Å². The Morgan fingerprint density at radius 3 is 2.76 bits per heavy atom. The summed E-state index contributed by atoms with van der Waals surface area (Å²) in [6, 6.07) is 8.99. The third-order valence-corrected chi connectivity index (χ3v) is 5.56. The molecule has 1 aromatic carbocycles. The van der Waals surface area contributed by atoms with E-state index in [1.54, 1.807) is 0 Å². The van der Waals surface area contributed by atoms with Crippen molar-refractivity contribution in [2.75, 3.05) is 31.9 Å². The van der Waals surface area contributed by atoms with E-state index in [0.29, 0.717) is 0 Å². The molecule has 0 amide bonds. The van der Waals surface area contributed by atoms with Gasteiger partial charge in [0.15, 0.2) is 0 Å². The topological polar surface area (TPSA) is 15.3 Å². The van der Waals surface area contributed by atoms with Crippen molar-refractivity contribution in [2.45, 2.75) is 44.9 Å². The Balaban J connectivity index is 1.89. The van der Waals surface area contributed by atoms with E-state index >= 15 is 0 Å². The van der Waals surface area contributed by atoms with Crippen LogP contribution in [-0.4, -0.2) is 42.1 Å². The molecule has 1 unspecified atom stereocenters. The van der Waals surface area contributed by atoms with Gasteiger partial charge in [-0.15, -0.1) is 0 Å². The van der Waals surface area contributed by atoms with Crippen LogP contribution in [0.25, 0.3) is 0 Å². The minimum absolute atomic E-state index is 0.831. The molecule has 0 spiro atoms. The van der Waals surface area contributed by atoms with Crippen LogP contribution in [0.4, 0.5) is 0 Å². The zero-order valence-corrected chi connectivity index (χ0v) is 14.4. The van der Waals surface area contributed by atoms with Crippen LogP contribution in [0.3, 0.4) is 0 Å². The van der Waals surface area contributed by atoms with Gasteiger partial charge in [-0.1, -0.05) is 38.1 Å². The molecule has 1 fully saturated rings. The largest absolute Gasteiger partial charge is 0.316 e. The van der Waals surface area contributed by atoms with Gasteiger partial charge in [0, 0.05) is 30.6 Å². The number of nitrogens with one attached hydrogen (secondary N) is 1. The molecule has 118 valence electrons. The molecule has 1 aliphatic rings. The Kier molecular flexibility index (Phi) is 7.62. The lowest BCUT2D eigenvalue weighted by atomic mass is 10.0. The molecular weight excluding hydrogens is 276 g/mol. The molecule has 1 heterocycles. The van der Waals surface area contributed by atoms with E-state index in [-0.39, 0.29) is 0 Å². The fourth-order valence-electron chi connectivity index (χ4n) is 2.89. The van der Waals surface area contributed by atoms with Gasteiger partial charge in [0.05, 0.1) is 0 Å². The fourth-order valence-corrected chi connectivity index (χ4v) is 4.14. The predicted molar refractivity (Wildman–Crippen MR) is 95.1 cm³/mol. The normalized spacial score (nSPS) is 19.8. The van der Waals surface area contributed by atoms with Crippen molar-refractivity contribution in [1.29, 1.82) is 0 Å². The van der Waals surface area contributed by atoms with Gasteiger partial charge in [0.25, 0.3) is 0 Å². The van der Waals surface area contributed by atoms with Crippen molar-refractivity contribution < 1.29 is 0 Å². The molecule has 0 radical (unpaired) electrons. The van der Waals surface area contributed by atoms with E-state index in [0.717, 1.165) is 31.3 Å². The Morgan fingerprint density at radius 2 is 2.00 bits per heavy atom. The number of hydrogen-bond donors (Lipinski definition) is 1. The number of hydrogen-bond acceptors (Lipinski definition) is 3. The van der Waals surface area contributed by atoms with Crippen molar-refractivity contribution >= 4 is 11.8 Å². The third-order valence-electron chi connectivity index (χ3n) is 4.19. The van der Waals surface area contributed by atoms with Gasteiger partial charge < -0.3 is 5.32 Å². The number of rotatable bonds is 8. The summed E-state index contributed by atoms with van der Waals surface area (Å²) in [6.07, 6.45) is 3.66. The van der Waals surface area contributed by atoms with Crippen molar-refractivity contribution in [2.24, 2.45) is 0 Å². The fraction of sp³-hybridized carbons (Fsp3) is 0.667. The maximum absolute atomic E-state index is 3.51. The Labute approximate surface area is 134 Å². The van der Waals surface area contributed by atoms with Crippen LogP contribution in [-0.2, 0) is 13.0 Å². The molecule has 1 saturated heterocycles. The Morgan fingerprint density at radius 1 is 1.19 bits per heavy atom. The first-order chi connectivity index (χ1) is 10.3. The highest BCUT2D eigenvalue weighted by atomic mass is 32.2. The molecule has 2 rings (SSSR count). The van der Waals surface area contributed by atoms with Crippen molar-refractivity contribution in [1.82, 2.24) is 10.2 Å². The SMILES string of the molecule is CCCNCCc1ccccc1CN1CCSC(CC)C1. The predicted octanol–water partition coefficient (Wildman–Crippen LogP) is 3.56. The smallest absolute Gasteiger partial charge is 0.0237 e. The molecule has 0 saturated carbocycles. The molecule has 2 nitrogen and oxygen atoms in total.